The number of nitrogen functional groups attached to an aromatic ring is 1. The number of thiophene rings is 1. The molecule has 0 radical (unpaired) electrons. The standard InChI is InChI=1S/C8H5N5O2S/c9-6-5(11-15-12-6)8-10-7(13-14-8)4-2-1-3-16-4/h1-3H,(H2,9,12). The summed E-state index contributed by atoms with van der Waals surface area (Å²) in [6, 6.07) is 3.80. The summed E-state index contributed by atoms with van der Waals surface area (Å²) in [4.78, 5) is 5.05. The summed E-state index contributed by atoms with van der Waals surface area (Å²) in [7, 11) is 0. The predicted molar refractivity (Wildman–Crippen MR) is 55.3 cm³/mol. The van der Waals surface area contributed by atoms with Crippen LogP contribution in [0.15, 0.2) is 26.7 Å². The Morgan fingerprint density at radius 1 is 1.25 bits per heavy atom. The van der Waals surface area contributed by atoms with Crippen LogP contribution in [0.1, 0.15) is 0 Å². The smallest absolute Gasteiger partial charge is 0.284 e. The molecule has 7 nitrogen and oxygen atoms in total. The highest BCUT2D eigenvalue weighted by Gasteiger charge is 2.17. The molecule has 0 atom stereocenters. The second kappa shape index (κ2) is 3.42. The van der Waals surface area contributed by atoms with E-state index < -0.39 is 0 Å². The number of anilines is 1. The second-order valence-electron chi connectivity index (χ2n) is 2.90. The molecular weight excluding hydrogens is 230 g/mol. The van der Waals surface area contributed by atoms with E-state index in [4.69, 9.17) is 10.3 Å². The van der Waals surface area contributed by atoms with Crippen LogP contribution in [0.5, 0.6) is 0 Å². The molecule has 0 saturated carbocycles. The first-order valence-electron chi connectivity index (χ1n) is 4.30. The molecule has 0 aromatic carbocycles. The van der Waals surface area contributed by atoms with Crippen molar-refractivity contribution < 1.29 is 9.15 Å². The molecule has 3 rings (SSSR count). The number of nitrogens with two attached hydrogens (primary N) is 1. The second-order valence-corrected chi connectivity index (χ2v) is 3.85. The molecule has 0 aliphatic rings. The van der Waals surface area contributed by atoms with Crippen LogP contribution in [0.25, 0.3) is 22.3 Å². The van der Waals surface area contributed by atoms with Gasteiger partial charge < -0.3 is 10.3 Å². The minimum Gasteiger partial charge on any atom is -0.379 e. The first-order chi connectivity index (χ1) is 7.84. The average molecular weight is 235 g/mol. The summed E-state index contributed by atoms with van der Waals surface area (Å²) >= 11 is 1.52. The van der Waals surface area contributed by atoms with E-state index in [2.05, 4.69) is 25.1 Å². The van der Waals surface area contributed by atoms with Crippen LogP contribution in [-0.2, 0) is 0 Å². The maximum atomic E-state index is 5.51. The zero-order valence-corrected chi connectivity index (χ0v) is 8.64. The van der Waals surface area contributed by atoms with Gasteiger partial charge in [-0.1, -0.05) is 11.2 Å². The van der Waals surface area contributed by atoms with Gasteiger partial charge in [0.1, 0.15) is 0 Å². The molecule has 0 unspecified atom stereocenters. The van der Waals surface area contributed by atoms with Crippen molar-refractivity contribution >= 4 is 17.2 Å². The van der Waals surface area contributed by atoms with Crippen LogP contribution in [0.4, 0.5) is 5.82 Å². The monoisotopic (exact) mass is 235 g/mol. The molecule has 8 heteroatoms. The third kappa shape index (κ3) is 1.36. The first-order valence-corrected chi connectivity index (χ1v) is 5.18. The maximum Gasteiger partial charge on any atom is 0.284 e. The Labute approximate surface area is 92.8 Å². The van der Waals surface area contributed by atoms with E-state index in [1.807, 2.05) is 17.5 Å². The van der Waals surface area contributed by atoms with Crippen LogP contribution in [-0.4, -0.2) is 20.5 Å². The minimum atomic E-state index is 0.126. The number of rotatable bonds is 2. The molecule has 0 spiro atoms. The number of aromatic nitrogens is 4. The van der Waals surface area contributed by atoms with E-state index in [0.717, 1.165) is 4.88 Å². The van der Waals surface area contributed by atoms with E-state index in [9.17, 15) is 0 Å². The maximum absolute atomic E-state index is 5.51. The molecule has 0 fully saturated rings. The molecule has 3 aromatic heterocycles. The van der Waals surface area contributed by atoms with Gasteiger partial charge in [0.25, 0.3) is 5.89 Å². The van der Waals surface area contributed by atoms with E-state index in [1.54, 1.807) is 0 Å². The lowest BCUT2D eigenvalue weighted by Gasteiger charge is -1.83. The average Bonchev–Trinajstić information content (AvgIpc) is 2.96. The molecule has 2 N–H and O–H groups in total. The van der Waals surface area contributed by atoms with E-state index in [1.165, 1.54) is 11.3 Å². The van der Waals surface area contributed by atoms with Crippen molar-refractivity contribution in [3.05, 3.63) is 17.5 Å². The fourth-order valence-electron chi connectivity index (χ4n) is 1.17. The molecular formula is C8H5N5O2S. The quantitative estimate of drug-likeness (QED) is 0.716. The molecule has 0 saturated heterocycles. The van der Waals surface area contributed by atoms with Crippen molar-refractivity contribution in [2.24, 2.45) is 0 Å². The largest absolute Gasteiger partial charge is 0.379 e. The highest BCUT2D eigenvalue weighted by molar-refractivity contribution is 7.13. The van der Waals surface area contributed by atoms with Gasteiger partial charge in [-0.3, -0.25) is 0 Å². The summed E-state index contributed by atoms with van der Waals surface area (Å²) in [6.45, 7) is 0. The van der Waals surface area contributed by atoms with Crippen LogP contribution < -0.4 is 5.73 Å². The highest BCUT2D eigenvalue weighted by Crippen LogP contribution is 2.26. The summed E-state index contributed by atoms with van der Waals surface area (Å²) in [5.74, 6) is 0.816. The normalized spacial score (nSPS) is 10.8. The van der Waals surface area contributed by atoms with Crippen molar-refractivity contribution in [3.8, 4) is 22.3 Å². The van der Waals surface area contributed by atoms with Crippen LogP contribution in [0.3, 0.4) is 0 Å². The Morgan fingerprint density at radius 3 is 2.88 bits per heavy atom. The van der Waals surface area contributed by atoms with Crippen LogP contribution >= 0.6 is 11.3 Å². The van der Waals surface area contributed by atoms with Crippen LogP contribution in [0, 0.1) is 0 Å². The molecule has 0 aliphatic carbocycles. The van der Waals surface area contributed by atoms with Crippen molar-refractivity contribution in [2.75, 3.05) is 5.73 Å². The topological polar surface area (TPSA) is 104 Å². The fraction of sp³-hybridized carbons (Fsp3) is 0. The van der Waals surface area contributed by atoms with Gasteiger partial charge in [-0.25, -0.2) is 4.63 Å². The van der Waals surface area contributed by atoms with Gasteiger partial charge in [0.2, 0.25) is 17.3 Å². The van der Waals surface area contributed by atoms with Crippen molar-refractivity contribution in [2.45, 2.75) is 0 Å². The fourth-order valence-corrected chi connectivity index (χ4v) is 1.82. The van der Waals surface area contributed by atoms with Gasteiger partial charge in [0.15, 0.2) is 0 Å². The van der Waals surface area contributed by atoms with Crippen molar-refractivity contribution in [1.29, 1.82) is 0 Å². The number of hydrogen-bond acceptors (Lipinski definition) is 8. The van der Waals surface area contributed by atoms with Gasteiger partial charge in [-0.2, -0.15) is 4.98 Å². The molecule has 3 aromatic rings. The van der Waals surface area contributed by atoms with Crippen LogP contribution in [0.2, 0.25) is 0 Å². The Morgan fingerprint density at radius 2 is 2.19 bits per heavy atom. The Bertz CT molecular complexity index is 600. The third-order valence-corrected chi connectivity index (χ3v) is 2.75. The molecule has 16 heavy (non-hydrogen) atoms. The summed E-state index contributed by atoms with van der Waals surface area (Å²) in [6.07, 6.45) is 0. The van der Waals surface area contributed by atoms with Gasteiger partial charge in [0.05, 0.1) is 4.88 Å². The zero-order valence-electron chi connectivity index (χ0n) is 7.82. The molecule has 0 amide bonds. The SMILES string of the molecule is Nc1nonc1-c1nc(-c2cccs2)no1. The third-order valence-electron chi connectivity index (χ3n) is 1.88. The number of nitrogens with zero attached hydrogens (tertiary/aromatic N) is 4. The zero-order chi connectivity index (χ0) is 11.0. The summed E-state index contributed by atoms with van der Waals surface area (Å²) < 4.78 is 9.47. The van der Waals surface area contributed by atoms with Gasteiger partial charge in [0, 0.05) is 0 Å². The molecule has 0 aliphatic heterocycles. The summed E-state index contributed by atoms with van der Waals surface area (Å²) in [5, 5.41) is 12.8. The van der Waals surface area contributed by atoms with Crippen molar-refractivity contribution in [1.82, 2.24) is 20.5 Å². The van der Waals surface area contributed by atoms with Gasteiger partial charge in [-0.05, 0) is 21.8 Å². The molecule has 80 valence electrons. The number of hydrogen-bond donors (Lipinski definition) is 1. The van der Waals surface area contributed by atoms with E-state index in [0.29, 0.717) is 5.82 Å². The highest BCUT2D eigenvalue weighted by atomic mass is 32.1. The lowest BCUT2D eigenvalue weighted by molar-refractivity contribution is 0.308. The summed E-state index contributed by atoms with van der Waals surface area (Å²) in [5.41, 5.74) is 5.77. The van der Waals surface area contributed by atoms with E-state index in [-0.39, 0.29) is 17.4 Å². The minimum absolute atomic E-state index is 0.126. The lowest BCUT2D eigenvalue weighted by atomic mass is 10.4. The van der Waals surface area contributed by atoms with E-state index >= 15 is 0 Å². The Kier molecular flexibility index (Phi) is 1.93. The molecule has 0 bridgehead atoms. The Balaban J connectivity index is 2.03. The predicted octanol–water partition coefficient (Wildman–Crippen LogP) is 1.43. The van der Waals surface area contributed by atoms with Gasteiger partial charge in [-0.15, -0.1) is 11.3 Å². The van der Waals surface area contributed by atoms with Gasteiger partial charge >= 0.3 is 0 Å². The molecule has 3 heterocycles. The first kappa shape index (κ1) is 9.04. The van der Waals surface area contributed by atoms with Crippen molar-refractivity contribution in [3.63, 3.8) is 0 Å². The Hall–Kier alpha value is -2.22. The lowest BCUT2D eigenvalue weighted by Crippen LogP contribution is -1.88.